The van der Waals surface area contributed by atoms with Gasteiger partial charge in [-0.1, -0.05) is 12.1 Å². The van der Waals surface area contributed by atoms with Gasteiger partial charge in [0.15, 0.2) is 0 Å². The van der Waals surface area contributed by atoms with Crippen LogP contribution in [0.15, 0.2) is 24.3 Å². The number of urea groups is 1. The molecule has 1 saturated heterocycles. The second-order valence-electron chi connectivity index (χ2n) is 5.14. The molecule has 122 valence electrons. The molecule has 0 atom stereocenters. The van der Waals surface area contributed by atoms with E-state index in [9.17, 15) is 9.59 Å². The lowest BCUT2D eigenvalue weighted by Gasteiger charge is -2.16. The lowest BCUT2D eigenvalue weighted by Crippen LogP contribution is -2.32. The highest BCUT2D eigenvalue weighted by molar-refractivity contribution is 5.89. The van der Waals surface area contributed by atoms with Gasteiger partial charge in [-0.2, -0.15) is 0 Å². The van der Waals surface area contributed by atoms with Crippen molar-refractivity contribution in [3.05, 3.63) is 29.8 Å². The fourth-order valence-electron chi connectivity index (χ4n) is 2.30. The van der Waals surface area contributed by atoms with Crippen LogP contribution < -0.4 is 16.4 Å². The molecule has 0 aliphatic carbocycles. The van der Waals surface area contributed by atoms with Crippen LogP contribution in [0.4, 0.5) is 10.5 Å². The Balaban J connectivity index is 0.00000242. The topological polar surface area (TPSA) is 87.5 Å². The first-order valence-electron chi connectivity index (χ1n) is 7.30. The predicted molar refractivity (Wildman–Crippen MR) is 89.0 cm³/mol. The van der Waals surface area contributed by atoms with E-state index in [1.807, 2.05) is 29.2 Å². The van der Waals surface area contributed by atoms with E-state index in [4.69, 9.17) is 5.73 Å². The minimum absolute atomic E-state index is 0. The van der Waals surface area contributed by atoms with Crippen molar-refractivity contribution in [1.82, 2.24) is 10.2 Å². The van der Waals surface area contributed by atoms with Gasteiger partial charge in [0.05, 0.1) is 0 Å². The van der Waals surface area contributed by atoms with Crippen molar-refractivity contribution in [2.45, 2.75) is 25.8 Å². The van der Waals surface area contributed by atoms with E-state index in [0.29, 0.717) is 19.5 Å². The minimum atomic E-state index is -0.0657. The van der Waals surface area contributed by atoms with Gasteiger partial charge >= 0.3 is 6.03 Å². The summed E-state index contributed by atoms with van der Waals surface area (Å²) in [5.41, 5.74) is 7.02. The molecule has 22 heavy (non-hydrogen) atoms. The van der Waals surface area contributed by atoms with E-state index < -0.39 is 0 Å². The number of hydrogen-bond acceptors (Lipinski definition) is 3. The zero-order valence-electron chi connectivity index (χ0n) is 12.5. The summed E-state index contributed by atoms with van der Waals surface area (Å²) in [5.74, 6) is -0.0657. The van der Waals surface area contributed by atoms with Crippen LogP contribution in [-0.2, 0) is 11.3 Å². The molecule has 1 aliphatic heterocycles. The molecule has 4 N–H and O–H groups in total. The molecule has 0 spiro atoms. The molecule has 0 bridgehead atoms. The Hall–Kier alpha value is -1.79. The first-order valence-corrected chi connectivity index (χ1v) is 7.30. The number of hydrogen-bond donors (Lipinski definition) is 3. The van der Waals surface area contributed by atoms with Crippen molar-refractivity contribution < 1.29 is 9.59 Å². The summed E-state index contributed by atoms with van der Waals surface area (Å²) >= 11 is 0. The molecule has 1 aromatic carbocycles. The number of nitrogens with one attached hydrogen (secondary N) is 2. The number of likely N-dealkylation sites (tertiary alicyclic amines) is 1. The van der Waals surface area contributed by atoms with Crippen LogP contribution in [0.2, 0.25) is 0 Å². The summed E-state index contributed by atoms with van der Waals surface area (Å²) in [5, 5.41) is 5.68. The Morgan fingerprint density at radius 3 is 2.64 bits per heavy atom. The van der Waals surface area contributed by atoms with Gasteiger partial charge in [-0.15, -0.1) is 12.4 Å². The first kappa shape index (κ1) is 18.3. The monoisotopic (exact) mass is 326 g/mol. The van der Waals surface area contributed by atoms with E-state index in [1.165, 1.54) is 0 Å². The zero-order valence-corrected chi connectivity index (χ0v) is 13.3. The molecule has 7 heteroatoms. The van der Waals surface area contributed by atoms with E-state index in [1.54, 1.807) is 0 Å². The van der Waals surface area contributed by atoms with Gasteiger partial charge in [-0.3, -0.25) is 4.79 Å². The molecular formula is C15H23ClN4O2. The number of carbonyl (C=O) groups is 2. The zero-order chi connectivity index (χ0) is 15.1. The Kier molecular flexibility index (Phi) is 7.70. The minimum Gasteiger partial charge on any atom is -0.352 e. The molecule has 0 saturated carbocycles. The van der Waals surface area contributed by atoms with Crippen LogP contribution >= 0.6 is 12.4 Å². The highest BCUT2D eigenvalue weighted by Crippen LogP contribution is 2.14. The molecule has 1 aromatic rings. The largest absolute Gasteiger partial charge is 0.352 e. The highest BCUT2D eigenvalue weighted by atomic mass is 35.5. The second kappa shape index (κ2) is 9.27. The fraction of sp³-hybridized carbons (Fsp3) is 0.467. The van der Waals surface area contributed by atoms with Gasteiger partial charge < -0.3 is 21.3 Å². The third kappa shape index (κ3) is 5.54. The quantitative estimate of drug-likeness (QED) is 0.769. The summed E-state index contributed by atoms with van der Waals surface area (Å²) in [4.78, 5) is 25.2. The third-order valence-electron chi connectivity index (χ3n) is 3.43. The number of anilines is 1. The van der Waals surface area contributed by atoms with Gasteiger partial charge in [0.2, 0.25) is 5.91 Å². The van der Waals surface area contributed by atoms with E-state index in [2.05, 4.69) is 10.6 Å². The van der Waals surface area contributed by atoms with Crippen LogP contribution in [0.3, 0.4) is 0 Å². The summed E-state index contributed by atoms with van der Waals surface area (Å²) in [6.45, 7) is 2.42. The lowest BCUT2D eigenvalue weighted by atomic mass is 10.2. The number of halogens is 1. The van der Waals surface area contributed by atoms with Crippen molar-refractivity contribution in [1.29, 1.82) is 0 Å². The summed E-state index contributed by atoms with van der Waals surface area (Å²) in [6, 6.07) is 7.44. The van der Waals surface area contributed by atoms with Crippen LogP contribution in [0.25, 0.3) is 0 Å². The van der Waals surface area contributed by atoms with Crippen molar-refractivity contribution in [3.63, 3.8) is 0 Å². The third-order valence-corrected chi connectivity index (χ3v) is 3.43. The molecule has 3 amide bonds. The van der Waals surface area contributed by atoms with Crippen molar-refractivity contribution in [3.8, 4) is 0 Å². The molecule has 0 unspecified atom stereocenters. The van der Waals surface area contributed by atoms with Gasteiger partial charge in [0.25, 0.3) is 0 Å². The predicted octanol–water partition coefficient (Wildman–Crippen LogP) is 1.70. The second-order valence-corrected chi connectivity index (χ2v) is 5.14. The van der Waals surface area contributed by atoms with Crippen molar-refractivity contribution in [2.24, 2.45) is 5.73 Å². The average molecular weight is 327 g/mol. The van der Waals surface area contributed by atoms with Crippen LogP contribution in [0, 0.1) is 0 Å². The Labute approximate surface area is 136 Å². The lowest BCUT2D eigenvalue weighted by molar-refractivity contribution is -0.121. The highest BCUT2D eigenvalue weighted by Gasteiger charge is 2.17. The Morgan fingerprint density at radius 1 is 1.23 bits per heavy atom. The number of amides is 3. The van der Waals surface area contributed by atoms with E-state index in [0.717, 1.165) is 37.2 Å². The molecule has 0 radical (unpaired) electrons. The van der Waals surface area contributed by atoms with Crippen molar-refractivity contribution >= 4 is 30.0 Å². The maximum Gasteiger partial charge on any atom is 0.321 e. The molecule has 6 nitrogen and oxygen atoms in total. The number of nitrogens with zero attached hydrogens (tertiary/aromatic N) is 1. The van der Waals surface area contributed by atoms with Gasteiger partial charge in [-0.05, 0) is 30.5 Å². The Morgan fingerprint density at radius 2 is 1.95 bits per heavy atom. The standard InChI is InChI=1S/C15H22N4O2.ClH/c16-7-6-14(20)17-11-12-4-3-5-13(10-12)18-15(21)19-8-1-2-9-19;/h3-5,10H,1-2,6-9,11,16H2,(H,17,20)(H,18,21);1H. The molecule has 1 fully saturated rings. The maximum atomic E-state index is 12.0. The number of carbonyl (C=O) groups excluding carboxylic acids is 2. The summed E-state index contributed by atoms with van der Waals surface area (Å²) in [7, 11) is 0. The smallest absolute Gasteiger partial charge is 0.321 e. The van der Waals surface area contributed by atoms with Crippen LogP contribution in [0.5, 0.6) is 0 Å². The number of nitrogens with two attached hydrogens (primary N) is 1. The normalized spacial score (nSPS) is 13.4. The van der Waals surface area contributed by atoms with E-state index >= 15 is 0 Å². The molecule has 2 rings (SSSR count). The van der Waals surface area contributed by atoms with Crippen molar-refractivity contribution in [2.75, 3.05) is 25.0 Å². The summed E-state index contributed by atoms with van der Waals surface area (Å²) in [6.07, 6.45) is 2.46. The molecule has 1 aliphatic rings. The van der Waals surface area contributed by atoms with Gasteiger partial charge in [0.1, 0.15) is 0 Å². The van der Waals surface area contributed by atoms with Gasteiger partial charge in [-0.25, -0.2) is 4.79 Å². The SMILES string of the molecule is Cl.NCCC(=O)NCc1cccc(NC(=O)N2CCCC2)c1. The Bertz CT molecular complexity index is 504. The summed E-state index contributed by atoms with van der Waals surface area (Å²) < 4.78 is 0. The number of benzene rings is 1. The fourth-order valence-corrected chi connectivity index (χ4v) is 2.30. The average Bonchev–Trinajstić information content (AvgIpc) is 3.00. The molecular weight excluding hydrogens is 304 g/mol. The van der Waals surface area contributed by atoms with Gasteiger partial charge in [0, 0.05) is 38.3 Å². The van der Waals surface area contributed by atoms with E-state index in [-0.39, 0.29) is 24.3 Å². The molecule has 1 heterocycles. The molecule has 0 aromatic heterocycles. The van der Waals surface area contributed by atoms with Crippen LogP contribution in [-0.4, -0.2) is 36.5 Å². The number of rotatable bonds is 5. The maximum absolute atomic E-state index is 12.0. The first-order chi connectivity index (χ1) is 10.2. The van der Waals surface area contributed by atoms with Crippen LogP contribution in [0.1, 0.15) is 24.8 Å².